The maximum absolute atomic E-state index is 12.2. The van der Waals surface area contributed by atoms with Crippen LogP contribution in [0.2, 0.25) is 0 Å². The molecule has 7 heteroatoms. The number of carboxylic acid groups (broad SMARTS) is 1. The highest BCUT2D eigenvalue weighted by atomic mass is 16.4. The Labute approximate surface area is 128 Å². The predicted octanol–water partition coefficient (Wildman–Crippen LogP) is 1.64. The van der Waals surface area contributed by atoms with Crippen molar-refractivity contribution in [2.75, 3.05) is 0 Å². The molecule has 2 N–H and O–H groups in total. The second-order valence-electron chi connectivity index (χ2n) is 5.24. The molecule has 0 bridgehead atoms. The van der Waals surface area contributed by atoms with Gasteiger partial charge in [-0.05, 0) is 37.6 Å². The molecular weight excluding hydrogens is 284 g/mol. The van der Waals surface area contributed by atoms with Crippen LogP contribution in [0.5, 0.6) is 0 Å². The van der Waals surface area contributed by atoms with Crippen molar-refractivity contribution < 1.29 is 14.7 Å². The van der Waals surface area contributed by atoms with Crippen LogP contribution in [0.25, 0.3) is 5.69 Å². The fraction of sp³-hybridized carbons (Fsp3) is 0.333. The summed E-state index contributed by atoms with van der Waals surface area (Å²) in [5.74, 6) is -1.45. The van der Waals surface area contributed by atoms with Gasteiger partial charge in [-0.3, -0.25) is 4.79 Å². The summed E-state index contributed by atoms with van der Waals surface area (Å²) in [6, 6.07) is 6.70. The van der Waals surface area contributed by atoms with Gasteiger partial charge in [0.15, 0.2) is 0 Å². The number of carbonyl (C=O) groups is 2. The van der Waals surface area contributed by atoms with Gasteiger partial charge in [0.05, 0.1) is 18.1 Å². The van der Waals surface area contributed by atoms with E-state index in [2.05, 4.69) is 15.6 Å². The smallest absolute Gasteiger partial charge is 0.329 e. The monoisotopic (exact) mass is 302 g/mol. The zero-order valence-electron chi connectivity index (χ0n) is 12.5. The van der Waals surface area contributed by atoms with Crippen molar-refractivity contribution in [1.29, 1.82) is 0 Å². The third-order valence-corrected chi connectivity index (χ3v) is 3.43. The summed E-state index contributed by atoms with van der Waals surface area (Å²) in [5.41, 5.74) is -0.104. The van der Waals surface area contributed by atoms with Crippen LogP contribution in [-0.4, -0.2) is 37.5 Å². The van der Waals surface area contributed by atoms with E-state index in [0.29, 0.717) is 18.4 Å². The molecule has 2 rings (SSSR count). The van der Waals surface area contributed by atoms with Crippen molar-refractivity contribution in [2.24, 2.45) is 0 Å². The SMILES string of the molecule is CCCC(C)(NC(=O)c1ccc(-n2ccnn2)cc1)C(=O)O. The summed E-state index contributed by atoms with van der Waals surface area (Å²) in [5, 5.41) is 19.5. The molecule has 0 radical (unpaired) electrons. The molecule has 0 saturated heterocycles. The number of aliphatic carboxylic acids is 1. The molecular formula is C15H18N4O3. The largest absolute Gasteiger partial charge is 0.480 e. The third-order valence-electron chi connectivity index (χ3n) is 3.43. The molecule has 22 heavy (non-hydrogen) atoms. The van der Waals surface area contributed by atoms with Gasteiger partial charge in [0.2, 0.25) is 0 Å². The summed E-state index contributed by atoms with van der Waals surface area (Å²) in [6.07, 6.45) is 4.28. The second-order valence-corrected chi connectivity index (χ2v) is 5.24. The van der Waals surface area contributed by atoms with E-state index in [0.717, 1.165) is 5.69 Å². The molecule has 0 saturated carbocycles. The fourth-order valence-corrected chi connectivity index (χ4v) is 2.16. The average molecular weight is 302 g/mol. The topological polar surface area (TPSA) is 97.1 Å². The Morgan fingerprint density at radius 1 is 1.32 bits per heavy atom. The standard InChI is InChI=1S/C15H18N4O3/c1-3-8-15(2,14(21)22)17-13(20)11-4-6-12(7-5-11)19-10-9-16-18-19/h4-7,9-10H,3,8H2,1-2H3,(H,17,20)(H,21,22). The fourth-order valence-electron chi connectivity index (χ4n) is 2.16. The van der Waals surface area contributed by atoms with Crippen LogP contribution < -0.4 is 5.32 Å². The molecule has 7 nitrogen and oxygen atoms in total. The van der Waals surface area contributed by atoms with Crippen LogP contribution in [0.3, 0.4) is 0 Å². The number of hydrogen-bond donors (Lipinski definition) is 2. The Bertz CT molecular complexity index is 652. The Hall–Kier alpha value is -2.70. The molecule has 0 spiro atoms. The molecule has 1 aromatic carbocycles. The zero-order chi connectivity index (χ0) is 16.2. The van der Waals surface area contributed by atoms with E-state index in [1.165, 1.54) is 6.92 Å². The molecule has 0 fully saturated rings. The Morgan fingerprint density at radius 2 is 2.00 bits per heavy atom. The van der Waals surface area contributed by atoms with Gasteiger partial charge in [-0.15, -0.1) is 5.10 Å². The lowest BCUT2D eigenvalue weighted by Crippen LogP contribution is -2.52. The minimum Gasteiger partial charge on any atom is -0.480 e. The number of carbonyl (C=O) groups excluding carboxylic acids is 1. The van der Waals surface area contributed by atoms with E-state index in [1.807, 2.05) is 6.92 Å². The van der Waals surface area contributed by atoms with Gasteiger partial charge in [-0.25, -0.2) is 9.48 Å². The summed E-state index contributed by atoms with van der Waals surface area (Å²) in [4.78, 5) is 23.6. The maximum Gasteiger partial charge on any atom is 0.329 e. The van der Waals surface area contributed by atoms with Crippen molar-refractivity contribution in [3.63, 3.8) is 0 Å². The summed E-state index contributed by atoms with van der Waals surface area (Å²) >= 11 is 0. The maximum atomic E-state index is 12.2. The summed E-state index contributed by atoms with van der Waals surface area (Å²) in [7, 11) is 0. The number of nitrogens with zero attached hydrogens (tertiary/aromatic N) is 3. The van der Waals surface area contributed by atoms with Gasteiger partial charge in [-0.1, -0.05) is 18.6 Å². The average Bonchev–Trinajstić information content (AvgIpc) is 3.01. The number of rotatable bonds is 6. The Balaban J connectivity index is 2.14. The number of benzene rings is 1. The first kappa shape index (κ1) is 15.7. The van der Waals surface area contributed by atoms with Crippen LogP contribution in [0, 0.1) is 0 Å². The van der Waals surface area contributed by atoms with E-state index < -0.39 is 17.4 Å². The Kier molecular flexibility index (Phi) is 4.55. The van der Waals surface area contributed by atoms with Crippen LogP contribution >= 0.6 is 0 Å². The van der Waals surface area contributed by atoms with Crippen LogP contribution in [0.1, 0.15) is 37.0 Å². The number of aromatic nitrogens is 3. The van der Waals surface area contributed by atoms with Crippen LogP contribution in [-0.2, 0) is 4.79 Å². The van der Waals surface area contributed by atoms with Crippen LogP contribution in [0.15, 0.2) is 36.7 Å². The van der Waals surface area contributed by atoms with Crippen molar-refractivity contribution >= 4 is 11.9 Å². The number of nitrogens with one attached hydrogen (secondary N) is 1. The van der Waals surface area contributed by atoms with E-state index in [4.69, 9.17) is 0 Å². The van der Waals surface area contributed by atoms with Gasteiger partial charge in [0.25, 0.3) is 5.91 Å². The lowest BCUT2D eigenvalue weighted by molar-refractivity contribution is -0.144. The van der Waals surface area contributed by atoms with E-state index in [9.17, 15) is 14.7 Å². The quantitative estimate of drug-likeness (QED) is 0.845. The molecule has 2 aromatic rings. The minimum absolute atomic E-state index is 0.366. The van der Waals surface area contributed by atoms with Crippen molar-refractivity contribution in [1.82, 2.24) is 20.3 Å². The van der Waals surface area contributed by atoms with Gasteiger partial charge in [0, 0.05) is 5.56 Å². The van der Waals surface area contributed by atoms with E-state index in [-0.39, 0.29) is 0 Å². The summed E-state index contributed by atoms with van der Waals surface area (Å²) < 4.78 is 1.57. The highest BCUT2D eigenvalue weighted by Crippen LogP contribution is 2.15. The van der Waals surface area contributed by atoms with E-state index in [1.54, 1.807) is 41.3 Å². The Morgan fingerprint density at radius 3 is 2.50 bits per heavy atom. The lowest BCUT2D eigenvalue weighted by Gasteiger charge is -2.25. The first-order chi connectivity index (χ1) is 10.5. The van der Waals surface area contributed by atoms with Gasteiger partial charge in [0.1, 0.15) is 5.54 Å². The highest BCUT2D eigenvalue weighted by Gasteiger charge is 2.33. The zero-order valence-corrected chi connectivity index (χ0v) is 12.5. The van der Waals surface area contributed by atoms with E-state index >= 15 is 0 Å². The first-order valence-electron chi connectivity index (χ1n) is 6.99. The van der Waals surface area contributed by atoms with Gasteiger partial charge in [-0.2, -0.15) is 0 Å². The number of hydrogen-bond acceptors (Lipinski definition) is 4. The summed E-state index contributed by atoms with van der Waals surface area (Å²) in [6.45, 7) is 3.39. The second kappa shape index (κ2) is 6.38. The molecule has 1 amide bonds. The lowest BCUT2D eigenvalue weighted by atomic mass is 9.95. The van der Waals surface area contributed by atoms with Gasteiger partial charge < -0.3 is 10.4 Å². The number of carboxylic acids is 1. The van der Waals surface area contributed by atoms with Crippen molar-refractivity contribution in [3.05, 3.63) is 42.2 Å². The third kappa shape index (κ3) is 3.30. The molecule has 0 aliphatic rings. The predicted molar refractivity (Wildman–Crippen MR) is 79.8 cm³/mol. The first-order valence-corrected chi connectivity index (χ1v) is 6.99. The number of amides is 1. The molecule has 116 valence electrons. The molecule has 1 aromatic heterocycles. The highest BCUT2D eigenvalue weighted by molar-refractivity contribution is 5.97. The van der Waals surface area contributed by atoms with Crippen molar-refractivity contribution in [2.45, 2.75) is 32.2 Å². The normalized spacial score (nSPS) is 13.4. The van der Waals surface area contributed by atoms with Crippen LogP contribution in [0.4, 0.5) is 0 Å². The molecule has 1 heterocycles. The molecule has 1 unspecified atom stereocenters. The molecule has 0 aliphatic heterocycles. The molecule has 0 aliphatic carbocycles. The van der Waals surface area contributed by atoms with Crippen molar-refractivity contribution in [3.8, 4) is 5.69 Å². The molecule has 1 atom stereocenters. The minimum atomic E-state index is -1.27. The van der Waals surface area contributed by atoms with Gasteiger partial charge >= 0.3 is 5.97 Å².